The third-order valence-electron chi connectivity index (χ3n) is 2.56. The van der Waals surface area contributed by atoms with Crippen molar-refractivity contribution < 1.29 is 0 Å². The molecule has 1 saturated carbocycles. The van der Waals surface area contributed by atoms with Crippen LogP contribution in [0.4, 0.5) is 0 Å². The lowest BCUT2D eigenvalue weighted by Gasteiger charge is -1.97. The number of aromatic nitrogens is 3. The summed E-state index contributed by atoms with van der Waals surface area (Å²) in [4.78, 5) is 28.0. The second-order valence-corrected chi connectivity index (χ2v) is 3.60. The minimum absolute atomic E-state index is 0.181. The van der Waals surface area contributed by atoms with E-state index in [1.165, 1.54) is 0 Å². The van der Waals surface area contributed by atoms with E-state index in [2.05, 4.69) is 9.97 Å². The summed E-state index contributed by atoms with van der Waals surface area (Å²) in [5, 5.41) is 0. The van der Waals surface area contributed by atoms with E-state index < -0.39 is 0 Å². The van der Waals surface area contributed by atoms with Gasteiger partial charge in [-0.3, -0.25) is 9.36 Å². The quantitative estimate of drug-likeness (QED) is 0.682. The molecule has 0 radical (unpaired) electrons. The summed E-state index contributed by atoms with van der Waals surface area (Å²) in [7, 11) is 0. The zero-order valence-electron chi connectivity index (χ0n) is 7.41. The number of hydrogen-bond donors (Lipinski definition) is 2. The molecule has 2 heterocycles. The fourth-order valence-corrected chi connectivity index (χ4v) is 1.76. The summed E-state index contributed by atoms with van der Waals surface area (Å²) in [6.45, 7) is 0. The first-order valence-electron chi connectivity index (χ1n) is 4.59. The molecule has 2 N–H and O–H groups in total. The van der Waals surface area contributed by atoms with Crippen LogP contribution in [0.1, 0.15) is 18.9 Å². The van der Waals surface area contributed by atoms with Crippen LogP contribution in [0.2, 0.25) is 0 Å². The minimum atomic E-state index is -0.237. The Morgan fingerprint density at radius 2 is 2.14 bits per heavy atom. The molecule has 0 aliphatic heterocycles. The van der Waals surface area contributed by atoms with Crippen molar-refractivity contribution in [3.05, 3.63) is 33.1 Å². The lowest BCUT2D eigenvalue weighted by molar-refractivity contribution is 0.733. The molecular formula is C9H9N3O2. The minimum Gasteiger partial charge on any atom is -0.327 e. The summed E-state index contributed by atoms with van der Waals surface area (Å²) in [5.74, 6) is 0. The lowest BCUT2D eigenvalue weighted by atomic mass is 10.4. The Labute approximate surface area is 78.4 Å². The molecule has 5 nitrogen and oxygen atoms in total. The van der Waals surface area contributed by atoms with Gasteiger partial charge in [-0.15, -0.1) is 0 Å². The predicted molar refractivity (Wildman–Crippen MR) is 51.5 cm³/mol. The molecule has 5 heteroatoms. The zero-order valence-corrected chi connectivity index (χ0v) is 7.41. The van der Waals surface area contributed by atoms with Gasteiger partial charge in [-0.25, -0.2) is 4.79 Å². The van der Waals surface area contributed by atoms with Gasteiger partial charge in [0.05, 0.1) is 5.52 Å². The maximum Gasteiger partial charge on any atom is 0.326 e. The van der Waals surface area contributed by atoms with Gasteiger partial charge in [0, 0.05) is 12.2 Å². The molecule has 2 aromatic rings. The first-order valence-corrected chi connectivity index (χ1v) is 4.59. The second-order valence-electron chi connectivity index (χ2n) is 3.60. The molecule has 1 aliphatic carbocycles. The van der Waals surface area contributed by atoms with Crippen LogP contribution in [0, 0.1) is 0 Å². The highest BCUT2D eigenvalue weighted by atomic mass is 16.1. The molecule has 0 unspecified atom stereocenters. The highest BCUT2D eigenvalue weighted by Crippen LogP contribution is 2.35. The molecule has 72 valence electrons. The van der Waals surface area contributed by atoms with Crippen molar-refractivity contribution >= 4 is 11.0 Å². The maximum atomic E-state index is 11.5. The SMILES string of the molecule is O=c1[nH]ccc2c1[nH]c(=O)n2C1CC1. The van der Waals surface area contributed by atoms with E-state index in [4.69, 9.17) is 0 Å². The van der Waals surface area contributed by atoms with Crippen LogP contribution in [-0.4, -0.2) is 14.5 Å². The number of nitrogens with one attached hydrogen (secondary N) is 2. The molecule has 0 saturated heterocycles. The maximum absolute atomic E-state index is 11.5. The van der Waals surface area contributed by atoms with Crippen LogP contribution in [0.3, 0.4) is 0 Å². The van der Waals surface area contributed by atoms with Crippen molar-refractivity contribution in [3.63, 3.8) is 0 Å². The van der Waals surface area contributed by atoms with Crippen molar-refractivity contribution in [1.82, 2.24) is 14.5 Å². The third kappa shape index (κ3) is 0.891. The second kappa shape index (κ2) is 2.37. The van der Waals surface area contributed by atoms with Crippen LogP contribution in [0.5, 0.6) is 0 Å². The molecule has 3 rings (SSSR count). The fourth-order valence-electron chi connectivity index (χ4n) is 1.76. The Morgan fingerprint density at radius 1 is 1.36 bits per heavy atom. The smallest absolute Gasteiger partial charge is 0.326 e. The van der Waals surface area contributed by atoms with E-state index in [1.54, 1.807) is 16.8 Å². The van der Waals surface area contributed by atoms with Gasteiger partial charge in [-0.05, 0) is 18.9 Å². The van der Waals surface area contributed by atoms with Crippen LogP contribution < -0.4 is 11.2 Å². The number of aromatic amines is 2. The van der Waals surface area contributed by atoms with Gasteiger partial charge < -0.3 is 9.97 Å². The van der Waals surface area contributed by atoms with Crippen molar-refractivity contribution in [1.29, 1.82) is 0 Å². The van der Waals surface area contributed by atoms with Gasteiger partial charge in [0.2, 0.25) is 0 Å². The average Bonchev–Trinajstić information content (AvgIpc) is 2.91. The van der Waals surface area contributed by atoms with Gasteiger partial charge >= 0.3 is 5.69 Å². The van der Waals surface area contributed by atoms with Crippen molar-refractivity contribution in [2.24, 2.45) is 0 Å². The number of fused-ring (bicyclic) bond motifs is 1. The monoisotopic (exact) mass is 191 g/mol. The molecule has 1 aliphatic rings. The van der Waals surface area contributed by atoms with Gasteiger partial charge in [0.15, 0.2) is 0 Å². The molecular weight excluding hydrogens is 182 g/mol. The summed E-state index contributed by atoms with van der Waals surface area (Å²) in [5.41, 5.74) is 0.670. The van der Waals surface area contributed by atoms with Gasteiger partial charge in [-0.2, -0.15) is 0 Å². The van der Waals surface area contributed by atoms with E-state index in [1.807, 2.05) is 0 Å². The summed E-state index contributed by atoms with van der Waals surface area (Å²) >= 11 is 0. The molecule has 2 aromatic heterocycles. The van der Waals surface area contributed by atoms with Crippen LogP contribution in [0.25, 0.3) is 11.0 Å². The Balaban J connectivity index is 2.49. The Bertz CT molecular complexity index is 600. The Hall–Kier alpha value is -1.78. The van der Waals surface area contributed by atoms with Crippen LogP contribution >= 0.6 is 0 Å². The molecule has 1 fully saturated rings. The van der Waals surface area contributed by atoms with E-state index in [-0.39, 0.29) is 17.3 Å². The first-order chi connectivity index (χ1) is 6.77. The normalized spacial score (nSPS) is 16.3. The van der Waals surface area contributed by atoms with Crippen LogP contribution in [-0.2, 0) is 0 Å². The predicted octanol–water partition coefficient (Wildman–Crippen LogP) is 0.353. The van der Waals surface area contributed by atoms with Crippen molar-refractivity contribution in [3.8, 4) is 0 Å². The lowest BCUT2D eigenvalue weighted by Crippen LogP contribution is -2.14. The number of pyridine rings is 1. The summed E-state index contributed by atoms with van der Waals surface area (Å²) in [6.07, 6.45) is 3.62. The molecule has 0 spiro atoms. The van der Waals surface area contributed by atoms with E-state index in [9.17, 15) is 9.59 Å². The van der Waals surface area contributed by atoms with Gasteiger partial charge in [0.25, 0.3) is 5.56 Å². The fraction of sp³-hybridized carbons (Fsp3) is 0.333. The zero-order chi connectivity index (χ0) is 9.71. The van der Waals surface area contributed by atoms with Crippen molar-refractivity contribution in [2.45, 2.75) is 18.9 Å². The number of H-pyrrole nitrogens is 2. The number of imidazole rings is 1. The highest BCUT2D eigenvalue weighted by Gasteiger charge is 2.27. The van der Waals surface area contributed by atoms with E-state index >= 15 is 0 Å². The molecule has 0 amide bonds. The topological polar surface area (TPSA) is 70.7 Å². The van der Waals surface area contributed by atoms with Gasteiger partial charge in [-0.1, -0.05) is 0 Å². The molecule has 14 heavy (non-hydrogen) atoms. The molecule has 0 aromatic carbocycles. The Morgan fingerprint density at radius 3 is 2.86 bits per heavy atom. The van der Waals surface area contributed by atoms with E-state index in [0.717, 1.165) is 12.8 Å². The summed E-state index contributed by atoms with van der Waals surface area (Å²) in [6, 6.07) is 2.05. The molecule has 0 bridgehead atoms. The van der Waals surface area contributed by atoms with E-state index in [0.29, 0.717) is 11.0 Å². The van der Waals surface area contributed by atoms with Crippen LogP contribution in [0.15, 0.2) is 21.9 Å². The Kier molecular flexibility index (Phi) is 1.29. The summed E-state index contributed by atoms with van der Waals surface area (Å²) < 4.78 is 1.67. The third-order valence-corrected chi connectivity index (χ3v) is 2.56. The largest absolute Gasteiger partial charge is 0.327 e. The number of nitrogens with zero attached hydrogens (tertiary/aromatic N) is 1. The average molecular weight is 191 g/mol. The van der Waals surface area contributed by atoms with Gasteiger partial charge in [0.1, 0.15) is 5.52 Å². The van der Waals surface area contributed by atoms with Crippen molar-refractivity contribution in [2.75, 3.05) is 0 Å². The first kappa shape index (κ1) is 7.61. The molecule has 0 atom stereocenters. The standard InChI is InChI=1S/C9H9N3O2/c13-8-7-6(3-4-10-8)12(5-1-2-5)9(14)11-7/h3-5H,1-2H2,(H,10,13)(H,11,14). The number of hydrogen-bond acceptors (Lipinski definition) is 2. The highest BCUT2D eigenvalue weighted by molar-refractivity contribution is 5.73. The number of rotatable bonds is 1.